The summed E-state index contributed by atoms with van der Waals surface area (Å²) in [6, 6.07) is -0.577. The lowest BCUT2D eigenvalue weighted by Gasteiger charge is -2.19. The molecule has 0 fully saturated rings. The molecule has 0 saturated carbocycles. The normalized spacial score (nSPS) is 12.4. The first-order valence-corrected chi connectivity index (χ1v) is 5.66. The highest BCUT2D eigenvalue weighted by Gasteiger charge is 2.18. The molecular weight excluding hydrogens is 222 g/mol. The number of carbonyl (C=O) groups excluding carboxylic acids is 2. The van der Waals surface area contributed by atoms with Crippen molar-refractivity contribution in [3.05, 3.63) is 0 Å². The summed E-state index contributed by atoms with van der Waals surface area (Å²) in [5, 5.41) is 2.52. The Labute approximate surface area is 102 Å². The molecule has 6 heteroatoms. The van der Waals surface area contributed by atoms with Crippen LogP contribution >= 0.6 is 0 Å². The predicted molar refractivity (Wildman–Crippen MR) is 65.3 cm³/mol. The van der Waals surface area contributed by atoms with E-state index in [1.807, 2.05) is 13.8 Å². The van der Waals surface area contributed by atoms with Gasteiger partial charge >= 0.3 is 0 Å². The van der Waals surface area contributed by atoms with Gasteiger partial charge in [0.05, 0.1) is 19.2 Å². The standard InChI is InChI=1S/C11H23N3O3/c1-8(2)10(12)11(16)13-7-9(15)14(3)5-6-17-4/h8,10H,5-7,12H2,1-4H3,(H,13,16)/t10-/m0/s1. The number of nitrogens with one attached hydrogen (secondary N) is 1. The topological polar surface area (TPSA) is 84.7 Å². The number of methoxy groups -OCH3 is 1. The SMILES string of the molecule is COCCN(C)C(=O)CNC(=O)[C@@H](N)C(C)C. The van der Waals surface area contributed by atoms with E-state index in [0.29, 0.717) is 13.2 Å². The molecule has 0 rings (SSSR count). The average molecular weight is 245 g/mol. The van der Waals surface area contributed by atoms with Crippen LogP contribution in [0.2, 0.25) is 0 Å². The Kier molecular flexibility index (Phi) is 7.49. The minimum atomic E-state index is -0.577. The first kappa shape index (κ1) is 15.9. The van der Waals surface area contributed by atoms with Crippen LogP contribution in [0.1, 0.15) is 13.8 Å². The number of nitrogens with zero attached hydrogens (tertiary/aromatic N) is 1. The molecule has 2 amide bonds. The van der Waals surface area contributed by atoms with Crippen molar-refractivity contribution in [2.75, 3.05) is 33.9 Å². The van der Waals surface area contributed by atoms with Crippen LogP contribution in [0.5, 0.6) is 0 Å². The molecular formula is C11H23N3O3. The molecule has 6 nitrogen and oxygen atoms in total. The first-order chi connectivity index (χ1) is 7.90. The van der Waals surface area contributed by atoms with Crippen LogP contribution < -0.4 is 11.1 Å². The third-order valence-electron chi connectivity index (χ3n) is 2.49. The van der Waals surface area contributed by atoms with Crippen molar-refractivity contribution in [3.63, 3.8) is 0 Å². The summed E-state index contributed by atoms with van der Waals surface area (Å²) in [5.41, 5.74) is 5.65. The minimum absolute atomic E-state index is 0.0283. The van der Waals surface area contributed by atoms with Gasteiger partial charge in [-0.05, 0) is 5.92 Å². The van der Waals surface area contributed by atoms with Gasteiger partial charge < -0.3 is 20.7 Å². The maximum Gasteiger partial charge on any atom is 0.241 e. The fraction of sp³-hybridized carbons (Fsp3) is 0.818. The van der Waals surface area contributed by atoms with E-state index in [2.05, 4.69) is 5.32 Å². The first-order valence-electron chi connectivity index (χ1n) is 5.66. The number of carbonyl (C=O) groups is 2. The lowest BCUT2D eigenvalue weighted by atomic mass is 10.1. The van der Waals surface area contributed by atoms with Crippen LogP contribution in [0.3, 0.4) is 0 Å². The van der Waals surface area contributed by atoms with Crippen LogP contribution in [0.4, 0.5) is 0 Å². The van der Waals surface area contributed by atoms with E-state index in [0.717, 1.165) is 0 Å². The average Bonchev–Trinajstić information content (AvgIpc) is 2.31. The van der Waals surface area contributed by atoms with Crippen LogP contribution in [0, 0.1) is 5.92 Å². The summed E-state index contributed by atoms with van der Waals surface area (Å²) in [4.78, 5) is 24.6. The van der Waals surface area contributed by atoms with Gasteiger partial charge in [0, 0.05) is 20.7 Å². The third-order valence-corrected chi connectivity index (χ3v) is 2.49. The molecule has 0 aromatic rings. The Morgan fingerprint density at radius 3 is 2.47 bits per heavy atom. The van der Waals surface area contributed by atoms with Crippen LogP contribution in [-0.2, 0) is 14.3 Å². The second-order valence-electron chi connectivity index (χ2n) is 4.30. The molecule has 0 aromatic heterocycles. The number of rotatable bonds is 7. The fourth-order valence-corrected chi connectivity index (χ4v) is 1.07. The maximum atomic E-state index is 11.6. The van der Waals surface area contributed by atoms with Crippen molar-refractivity contribution >= 4 is 11.8 Å². The van der Waals surface area contributed by atoms with Gasteiger partial charge in [0.15, 0.2) is 0 Å². The molecule has 0 aromatic carbocycles. The second-order valence-corrected chi connectivity index (χ2v) is 4.30. The van der Waals surface area contributed by atoms with E-state index < -0.39 is 6.04 Å². The fourth-order valence-electron chi connectivity index (χ4n) is 1.07. The minimum Gasteiger partial charge on any atom is -0.383 e. The zero-order valence-corrected chi connectivity index (χ0v) is 11.0. The van der Waals surface area contributed by atoms with E-state index in [-0.39, 0.29) is 24.3 Å². The second kappa shape index (κ2) is 8.03. The number of hydrogen-bond donors (Lipinski definition) is 2. The molecule has 0 aliphatic rings. The number of hydrogen-bond acceptors (Lipinski definition) is 4. The zero-order chi connectivity index (χ0) is 13.4. The molecule has 3 N–H and O–H groups in total. The maximum absolute atomic E-state index is 11.6. The highest BCUT2D eigenvalue weighted by molar-refractivity contribution is 5.87. The van der Waals surface area contributed by atoms with Crippen LogP contribution in [-0.4, -0.2) is 56.6 Å². The summed E-state index contributed by atoms with van der Waals surface area (Å²) in [6.45, 7) is 4.66. The van der Waals surface area contributed by atoms with Gasteiger partial charge in [-0.25, -0.2) is 0 Å². The third kappa shape index (κ3) is 6.23. The van der Waals surface area contributed by atoms with E-state index >= 15 is 0 Å². The number of nitrogens with two attached hydrogens (primary N) is 1. The smallest absolute Gasteiger partial charge is 0.241 e. The number of amides is 2. The van der Waals surface area contributed by atoms with Gasteiger partial charge in [-0.2, -0.15) is 0 Å². The van der Waals surface area contributed by atoms with E-state index in [1.165, 1.54) is 4.90 Å². The van der Waals surface area contributed by atoms with Crippen molar-refractivity contribution < 1.29 is 14.3 Å². The monoisotopic (exact) mass is 245 g/mol. The lowest BCUT2D eigenvalue weighted by molar-refractivity contribution is -0.132. The van der Waals surface area contributed by atoms with Crippen LogP contribution in [0.25, 0.3) is 0 Å². The number of likely N-dealkylation sites (N-methyl/N-ethyl adjacent to an activating group) is 1. The highest BCUT2D eigenvalue weighted by Crippen LogP contribution is 1.97. The lowest BCUT2D eigenvalue weighted by Crippen LogP contribution is -2.47. The van der Waals surface area contributed by atoms with Crippen molar-refractivity contribution in [2.24, 2.45) is 11.7 Å². The quantitative estimate of drug-likeness (QED) is 0.614. The molecule has 0 heterocycles. The summed E-state index contributed by atoms with van der Waals surface area (Å²) >= 11 is 0. The molecule has 0 radical (unpaired) electrons. The highest BCUT2D eigenvalue weighted by atomic mass is 16.5. The van der Waals surface area contributed by atoms with Crippen molar-refractivity contribution in [2.45, 2.75) is 19.9 Å². The van der Waals surface area contributed by atoms with Crippen molar-refractivity contribution in [1.29, 1.82) is 0 Å². The van der Waals surface area contributed by atoms with E-state index in [4.69, 9.17) is 10.5 Å². The van der Waals surface area contributed by atoms with Gasteiger partial charge in [-0.15, -0.1) is 0 Å². The van der Waals surface area contributed by atoms with E-state index in [9.17, 15) is 9.59 Å². The molecule has 0 bridgehead atoms. The van der Waals surface area contributed by atoms with Crippen LogP contribution in [0.15, 0.2) is 0 Å². The molecule has 0 saturated heterocycles. The van der Waals surface area contributed by atoms with Gasteiger partial charge in [-0.3, -0.25) is 9.59 Å². The molecule has 0 aliphatic heterocycles. The molecule has 100 valence electrons. The zero-order valence-electron chi connectivity index (χ0n) is 11.0. The summed E-state index contributed by atoms with van der Waals surface area (Å²) < 4.78 is 4.86. The van der Waals surface area contributed by atoms with E-state index in [1.54, 1.807) is 14.2 Å². The Balaban J connectivity index is 3.95. The largest absolute Gasteiger partial charge is 0.383 e. The van der Waals surface area contributed by atoms with Crippen molar-refractivity contribution in [1.82, 2.24) is 10.2 Å². The molecule has 0 unspecified atom stereocenters. The predicted octanol–water partition coefficient (Wildman–Crippen LogP) is -0.809. The molecule has 1 atom stereocenters. The Hall–Kier alpha value is -1.14. The van der Waals surface area contributed by atoms with Gasteiger partial charge in [0.2, 0.25) is 11.8 Å². The van der Waals surface area contributed by atoms with Gasteiger partial charge in [0.25, 0.3) is 0 Å². The molecule has 0 spiro atoms. The molecule has 17 heavy (non-hydrogen) atoms. The molecule has 0 aliphatic carbocycles. The van der Waals surface area contributed by atoms with Gasteiger partial charge in [-0.1, -0.05) is 13.8 Å². The Bertz CT molecular complexity index is 256. The number of ether oxygens (including phenoxy) is 1. The summed E-state index contributed by atoms with van der Waals surface area (Å²) in [7, 11) is 3.23. The van der Waals surface area contributed by atoms with Crippen molar-refractivity contribution in [3.8, 4) is 0 Å². The van der Waals surface area contributed by atoms with Gasteiger partial charge in [0.1, 0.15) is 0 Å². The summed E-state index contributed by atoms with van der Waals surface area (Å²) in [5.74, 6) is -0.406. The summed E-state index contributed by atoms with van der Waals surface area (Å²) in [6.07, 6.45) is 0. The Morgan fingerprint density at radius 1 is 1.41 bits per heavy atom. The Morgan fingerprint density at radius 2 is 2.00 bits per heavy atom.